The molecule has 2 aromatic rings. The van der Waals surface area contributed by atoms with Crippen molar-refractivity contribution >= 4 is 23.6 Å². The molecule has 1 aromatic carbocycles. The summed E-state index contributed by atoms with van der Waals surface area (Å²) in [6.45, 7) is 4.34. The number of hydrogen-bond donors (Lipinski definition) is 1. The molecule has 182 valence electrons. The number of carbonyl (C=O) groups excluding carboxylic acids is 3. The molecule has 0 radical (unpaired) electrons. The summed E-state index contributed by atoms with van der Waals surface area (Å²) in [5.41, 5.74) is 7.27. The predicted molar refractivity (Wildman–Crippen MR) is 125 cm³/mol. The molecule has 10 heteroatoms. The fraction of sp³-hybridized carbons (Fsp3) is 0.400. The molecule has 35 heavy (non-hydrogen) atoms. The molecule has 0 bridgehead atoms. The SMILES string of the molecule is CC1(C)Cc2cccc(C(=O)OC3CCCCN4C(=O)C=C(c5ccncn5)N(C(N)=O)C34)c2O1. The number of ether oxygens (including phenoxy) is 2. The normalized spacial score (nSPS) is 22.9. The number of amides is 3. The van der Waals surface area contributed by atoms with E-state index in [2.05, 4.69) is 9.97 Å². The molecule has 1 saturated heterocycles. The lowest BCUT2D eigenvalue weighted by atomic mass is 10.0. The zero-order valence-electron chi connectivity index (χ0n) is 19.6. The smallest absolute Gasteiger partial charge is 0.342 e. The predicted octanol–water partition coefficient (Wildman–Crippen LogP) is 2.49. The third-order valence-electron chi connectivity index (χ3n) is 6.51. The number of benzene rings is 1. The first-order chi connectivity index (χ1) is 16.7. The Labute approximate surface area is 202 Å². The van der Waals surface area contributed by atoms with Gasteiger partial charge in [-0.1, -0.05) is 12.1 Å². The van der Waals surface area contributed by atoms with E-state index in [1.165, 1.54) is 28.4 Å². The third kappa shape index (κ3) is 4.20. The Morgan fingerprint density at radius 3 is 2.80 bits per heavy atom. The Morgan fingerprint density at radius 1 is 1.23 bits per heavy atom. The summed E-state index contributed by atoms with van der Waals surface area (Å²) < 4.78 is 12.1. The number of primary amides is 1. The fourth-order valence-electron chi connectivity index (χ4n) is 5.05. The van der Waals surface area contributed by atoms with Gasteiger partial charge in [0.1, 0.15) is 29.3 Å². The lowest BCUT2D eigenvalue weighted by molar-refractivity contribution is -0.135. The largest absolute Gasteiger partial charge is 0.486 e. The van der Waals surface area contributed by atoms with Gasteiger partial charge in [-0.25, -0.2) is 19.6 Å². The summed E-state index contributed by atoms with van der Waals surface area (Å²) in [6, 6.07) is 6.22. The van der Waals surface area contributed by atoms with Gasteiger partial charge in [0.15, 0.2) is 6.17 Å². The van der Waals surface area contributed by atoms with Gasteiger partial charge in [0.25, 0.3) is 5.91 Å². The first-order valence-corrected chi connectivity index (χ1v) is 11.6. The van der Waals surface area contributed by atoms with Crippen LogP contribution in [0.25, 0.3) is 5.70 Å². The van der Waals surface area contributed by atoms with Crippen LogP contribution in [0.4, 0.5) is 4.79 Å². The molecular weight excluding hydrogens is 450 g/mol. The molecule has 1 aromatic heterocycles. The molecule has 4 heterocycles. The lowest BCUT2D eigenvalue weighted by Crippen LogP contribution is -2.61. The monoisotopic (exact) mass is 477 g/mol. The Hall–Kier alpha value is -3.95. The second kappa shape index (κ2) is 8.68. The maximum Gasteiger partial charge on any atom is 0.342 e. The molecule has 0 saturated carbocycles. The van der Waals surface area contributed by atoms with Gasteiger partial charge < -0.3 is 20.1 Å². The van der Waals surface area contributed by atoms with E-state index >= 15 is 0 Å². The first-order valence-electron chi connectivity index (χ1n) is 11.6. The van der Waals surface area contributed by atoms with Crippen LogP contribution in [0.5, 0.6) is 5.75 Å². The van der Waals surface area contributed by atoms with Crippen molar-refractivity contribution in [2.45, 2.75) is 57.4 Å². The highest BCUT2D eigenvalue weighted by atomic mass is 16.6. The number of fused-ring (bicyclic) bond motifs is 2. The number of nitrogens with two attached hydrogens (primary N) is 1. The molecule has 0 spiro atoms. The van der Waals surface area contributed by atoms with Crippen LogP contribution in [0.2, 0.25) is 0 Å². The molecule has 2 unspecified atom stereocenters. The summed E-state index contributed by atoms with van der Waals surface area (Å²) in [4.78, 5) is 50.2. The van der Waals surface area contributed by atoms with Gasteiger partial charge >= 0.3 is 12.0 Å². The molecule has 3 aliphatic rings. The van der Waals surface area contributed by atoms with Crippen molar-refractivity contribution in [2.75, 3.05) is 6.54 Å². The Kier molecular flexibility index (Phi) is 5.66. The summed E-state index contributed by atoms with van der Waals surface area (Å²) in [6.07, 6.45) is 5.06. The lowest BCUT2D eigenvalue weighted by Gasteiger charge is -2.44. The van der Waals surface area contributed by atoms with Crippen molar-refractivity contribution in [1.29, 1.82) is 0 Å². The minimum absolute atomic E-state index is 0.250. The van der Waals surface area contributed by atoms with Crippen LogP contribution in [0.15, 0.2) is 42.9 Å². The Balaban J connectivity index is 1.50. The molecule has 1 fully saturated rings. The quantitative estimate of drug-likeness (QED) is 0.673. The number of rotatable bonds is 3. The summed E-state index contributed by atoms with van der Waals surface area (Å²) in [5, 5.41) is 0. The van der Waals surface area contributed by atoms with E-state index in [9.17, 15) is 14.4 Å². The summed E-state index contributed by atoms with van der Waals surface area (Å²) in [7, 11) is 0. The number of hydrogen-bond acceptors (Lipinski definition) is 7. The number of para-hydroxylation sites is 1. The van der Waals surface area contributed by atoms with Crippen molar-refractivity contribution < 1.29 is 23.9 Å². The minimum atomic E-state index is -0.893. The average Bonchev–Trinajstić information content (AvgIpc) is 3.00. The second-order valence-electron chi connectivity index (χ2n) is 9.55. The molecule has 3 amide bonds. The van der Waals surface area contributed by atoms with E-state index in [-0.39, 0.29) is 11.6 Å². The summed E-state index contributed by atoms with van der Waals surface area (Å²) >= 11 is 0. The highest BCUT2D eigenvalue weighted by molar-refractivity contribution is 6.00. The maximum absolute atomic E-state index is 13.4. The highest BCUT2D eigenvalue weighted by Gasteiger charge is 2.46. The van der Waals surface area contributed by atoms with E-state index < -0.39 is 29.9 Å². The number of carbonyl (C=O) groups is 3. The standard InChI is InChI=1S/C25H27N5O5/c1-25(2)13-15-6-5-7-16(21(15)35-25)23(32)34-19-8-3-4-11-29-20(31)12-18(17-9-10-27-14-28-17)30(22(19)29)24(26)33/h5-7,9-10,12,14,19,22H,3-4,8,11,13H2,1-2H3,(H2,26,33). The van der Waals surface area contributed by atoms with Crippen LogP contribution in [0.3, 0.4) is 0 Å². The number of nitrogens with zero attached hydrogens (tertiary/aromatic N) is 4. The fourth-order valence-corrected chi connectivity index (χ4v) is 5.05. The van der Waals surface area contributed by atoms with Crippen LogP contribution >= 0.6 is 0 Å². The van der Waals surface area contributed by atoms with Gasteiger partial charge in [-0.15, -0.1) is 0 Å². The van der Waals surface area contributed by atoms with Crippen LogP contribution in [0, 0.1) is 0 Å². The van der Waals surface area contributed by atoms with Gasteiger partial charge in [0.05, 0.1) is 11.4 Å². The van der Waals surface area contributed by atoms with Crippen LogP contribution in [-0.4, -0.2) is 62.1 Å². The molecular formula is C25H27N5O5. The molecule has 2 atom stereocenters. The van der Waals surface area contributed by atoms with Crippen molar-refractivity contribution in [3.63, 3.8) is 0 Å². The van der Waals surface area contributed by atoms with E-state index in [0.717, 1.165) is 5.56 Å². The molecule has 3 aliphatic heterocycles. The minimum Gasteiger partial charge on any atom is -0.486 e. The highest BCUT2D eigenvalue weighted by Crippen LogP contribution is 2.39. The third-order valence-corrected chi connectivity index (χ3v) is 6.51. The Morgan fingerprint density at radius 2 is 2.06 bits per heavy atom. The zero-order valence-corrected chi connectivity index (χ0v) is 19.6. The Bertz CT molecular complexity index is 1210. The van der Waals surface area contributed by atoms with Crippen molar-refractivity contribution in [1.82, 2.24) is 19.8 Å². The summed E-state index contributed by atoms with van der Waals surface area (Å²) in [5.74, 6) is -0.350. The molecule has 10 nitrogen and oxygen atoms in total. The van der Waals surface area contributed by atoms with Crippen molar-refractivity contribution in [3.8, 4) is 5.75 Å². The van der Waals surface area contributed by atoms with Crippen molar-refractivity contribution in [2.24, 2.45) is 5.73 Å². The second-order valence-corrected chi connectivity index (χ2v) is 9.55. The van der Waals surface area contributed by atoms with Crippen LogP contribution in [-0.2, 0) is 16.0 Å². The van der Waals surface area contributed by atoms with Gasteiger partial charge in [-0.3, -0.25) is 9.69 Å². The topological polar surface area (TPSA) is 128 Å². The first kappa shape index (κ1) is 22.8. The van der Waals surface area contributed by atoms with Gasteiger partial charge in [0.2, 0.25) is 0 Å². The van der Waals surface area contributed by atoms with Crippen molar-refractivity contribution in [3.05, 3.63) is 59.7 Å². The zero-order chi connectivity index (χ0) is 24.7. The van der Waals surface area contributed by atoms with Gasteiger partial charge in [0, 0.05) is 25.2 Å². The average molecular weight is 478 g/mol. The van der Waals surface area contributed by atoms with E-state index in [0.29, 0.717) is 49.2 Å². The number of esters is 1. The van der Waals surface area contributed by atoms with E-state index in [1.54, 1.807) is 18.2 Å². The molecule has 5 rings (SSSR count). The maximum atomic E-state index is 13.4. The molecule has 0 aliphatic carbocycles. The number of urea groups is 1. The van der Waals surface area contributed by atoms with Crippen LogP contribution in [0.1, 0.15) is 54.7 Å². The van der Waals surface area contributed by atoms with E-state index in [1.807, 2.05) is 19.9 Å². The van der Waals surface area contributed by atoms with Gasteiger partial charge in [-0.05, 0) is 50.8 Å². The van der Waals surface area contributed by atoms with E-state index in [4.69, 9.17) is 15.2 Å². The number of aromatic nitrogens is 2. The van der Waals surface area contributed by atoms with Gasteiger partial charge in [-0.2, -0.15) is 0 Å². The van der Waals surface area contributed by atoms with Crippen LogP contribution < -0.4 is 10.5 Å². The molecule has 2 N–H and O–H groups in total.